The van der Waals surface area contributed by atoms with Crippen LogP contribution in [0.2, 0.25) is 0 Å². The predicted octanol–water partition coefficient (Wildman–Crippen LogP) is 8.93. The molecule has 18 heteroatoms. The minimum absolute atomic E-state index is 0. The van der Waals surface area contributed by atoms with Gasteiger partial charge in [0.25, 0.3) is 11.8 Å². The van der Waals surface area contributed by atoms with Crippen molar-refractivity contribution in [2.75, 3.05) is 10.6 Å². The molecule has 2 aromatic heterocycles. The molecule has 8 aromatic rings. The molecule has 0 saturated heterocycles. The van der Waals surface area contributed by atoms with Crippen LogP contribution in [0.1, 0.15) is 110 Å². The van der Waals surface area contributed by atoms with Crippen LogP contribution in [0.3, 0.4) is 0 Å². The summed E-state index contributed by atoms with van der Waals surface area (Å²) in [5.41, 5.74) is 9.43. The fourth-order valence-electron chi connectivity index (χ4n) is 10.4. The number of para-hydroxylation sites is 2. The Morgan fingerprint density at radius 3 is 1.04 bits per heavy atom. The Hall–Kier alpha value is -6.68. The van der Waals surface area contributed by atoms with Gasteiger partial charge in [-0.05, 0) is 133 Å². The molecule has 0 bridgehead atoms. The van der Waals surface area contributed by atoms with Crippen LogP contribution in [0.15, 0.2) is 170 Å². The molecule has 8 rings (SSSR count). The molecule has 0 fully saturated rings. The maximum absolute atomic E-state index is 14.0. The Labute approximate surface area is 530 Å². The third-order valence-corrected chi connectivity index (χ3v) is 13.8. The van der Waals surface area contributed by atoms with Gasteiger partial charge >= 0.3 is 56.6 Å². The van der Waals surface area contributed by atoms with Gasteiger partial charge in [0.1, 0.15) is 11.6 Å². The molecule has 0 aliphatic carbocycles. The Balaban J connectivity index is 0.000000300. The van der Waals surface area contributed by atoms with Crippen molar-refractivity contribution in [3.63, 3.8) is 0 Å². The first kappa shape index (κ1) is 68.1. The van der Waals surface area contributed by atoms with E-state index >= 15 is 0 Å². The van der Waals surface area contributed by atoms with Gasteiger partial charge in [-0.1, -0.05) is 125 Å². The maximum atomic E-state index is 14.0. The Kier molecular flexibility index (Phi) is 26.4. The quantitative estimate of drug-likeness (QED) is 0.0315. The van der Waals surface area contributed by atoms with Gasteiger partial charge in [-0.3, -0.25) is 9.59 Å². The summed E-state index contributed by atoms with van der Waals surface area (Å²) in [6, 6.07) is 49.4. The van der Waals surface area contributed by atoms with Crippen LogP contribution in [-0.4, -0.2) is 134 Å². The molecule has 0 spiro atoms. The van der Waals surface area contributed by atoms with Crippen molar-refractivity contribution in [1.29, 1.82) is 0 Å². The number of carbonyl (C=O) groups is 4. The van der Waals surface area contributed by atoms with Gasteiger partial charge in [0.05, 0.1) is 46.9 Å². The number of nitrogens with one attached hydrogen (secondary N) is 2. The van der Waals surface area contributed by atoms with E-state index in [1.807, 2.05) is 134 Å². The molecule has 2 amide bonds. The van der Waals surface area contributed by atoms with E-state index in [9.17, 15) is 58.6 Å². The third kappa shape index (κ3) is 18.2. The number of carboxylic acid groups (broad SMARTS) is 2. The zero-order valence-corrected chi connectivity index (χ0v) is 49.1. The number of carbonyl (C=O) groups excluding carboxylic acids is 4. The van der Waals surface area contributed by atoms with E-state index in [2.05, 4.69) is 10.6 Å². The van der Waals surface area contributed by atoms with E-state index in [0.29, 0.717) is 56.1 Å². The van der Waals surface area contributed by atoms with Gasteiger partial charge in [0, 0.05) is 71.8 Å². The zero-order chi connectivity index (χ0) is 59.0. The summed E-state index contributed by atoms with van der Waals surface area (Å²) in [5, 5.41) is 69.2. The summed E-state index contributed by atoms with van der Waals surface area (Å²) in [6.45, 7) is 8.45. The van der Waals surface area contributed by atoms with Crippen molar-refractivity contribution in [1.82, 2.24) is 9.13 Å². The first-order valence-electron chi connectivity index (χ1n) is 27.3. The molecule has 0 unspecified atom stereocenters. The van der Waals surface area contributed by atoms with E-state index in [1.54, 1.807) is 48.5 Å². The molecular weight excluding hydrogens is 1090 g/mol. The normalized spacial score (nSPS) is 12.4. The molecule has 14 nitrogen and oxygen atoms in total. The summed E-state index contributed by atoms with van der Waals surface area (Å²) >= 11 is 0. The number of aliphatic carboxylic acids is 2. The van der Waals surface area contributed by atoms with Crippen molar-refractivity contribution < 1.29 is 58.6 Å². The first-order valence-corrected chi connectivity index (χ1v) is 27.3. The average molecular weight is 1160 g/mol. The number of aromatic nitrogens is 2. The number of carboxylic acids is 2. The van der Waals surface area contributed by atoms with E-state index in [-0.39, 0.29) is 119 Å². The summed E-state index contributed by atoms with van der Waals surface area (Å²) in [4.78, 5) is 49.8. The van der Waals surface area contributed by atoms with Crippen LogP contribution in [0.25, 0.3) is 44.8 Å². The molecule has 6 aromatic carbocycles. The number of benzene rings is 6. The number of halogens is 2. The van der Waals surface area contributed by atoms with E-state index in [1.165, 1.54) is 24.3 Å². The van der Waals surface area contributed by atoms with Gasteiger partial charge in [-0.15, -0.1) is 0 Å². The van der Waals surface area contributed by atoms with Gasteiger partial charge in [-0.2, -0.15) is 0 Å². The minimum atomic E-state index is -1.39. The molecule has 430 valence electrons. The van der Waals surface area contributed by atoms with Crippen molar-refractivity contribution in [2.45, 2.75) is 116 Å². The Bertz CT molecular complexity index is 3180. The van der Waals surface area contributed by atoms with Crippen molar-refractivity contribution in [3.05, 3.63) is 204 Å². The number of nitrogens with zero attached hydrogens (tertiary/aromatic N) is 2. The Morgan fingerprint density at radius 1 is 0.452 bits per heavy atom. The number of hydrogen-bond donors (Lipinski definition) is 6. The molecule has 0 radical (unpaired) electrons. The van der Waals surface area contributed by atoms with Gasteiger partial charge < -0.3 is 60.0 Å². The van der Waals surface area contributed by atoms with E-state index in [0.717, 1.165) is 22.5 Å². The Morgan fingerprint density at radius 2 is 0.750 bits per heavy atom. The monoisotopic (exact) mass is 1160 g/mol. The van der Waals surface area contributed by atoms with Gasteiger partial charge in [0.15, 0.2) is 0 Å². The summed E-state index contributed by atoms with van der Waals surface area (Å²) < 4.78 is 32.0. The number of aliphatic hydroxyl groups is 4. The first-order chi connectivity index (χ1) is 39.3. The molecule has 4 atom stereocenters. The van der Waals surface area contributed by atoms with E-state index in [4.69, 9.17) is 0 Å². The van der Waals surface area contributed by atoms with Gasteiger partial charge in [0.2, 0.25) is 0 Å². The average Bonchev–Trinajstić information content (AvgIpc) is 2.49. The van der Waals surface area contributed by atoms with Crippen molar-refractivity contribution >= 4 is 91.7 Å². The van der Waals surface area contributed by atoms with Gasteiger partial charge in [-0.25, -0.2) is 8.78 Å². The van der Waals surface area contributed by atoms with Crippen LogP contribution in [0.4, 0.5) is 20.2 Å². The molecule has 2 heterocycles. The molecule has 0 saturated carbocycles. The fraction of sp³-hybridized carbons (Fsp3) is 0.273. The number of hydrogen-bond acceptors (Lipinski definition) is 10. The standard InChI is InChI=1S/2C33H35FN2O5.Ca.Li.H/c2*1-21(2)31-30(33(41)35-25-11-7-4-8-12-25)29(22-9-5-3-6-10-22)32(23-13-15-24(34)16-14-23)36(31)18-17-26(37)19-27(38)20-28(39)40;;;/h2*3-16,21,26-27,37-38H,17-20H2,1-2H3,(H,35,41)(H,39,40);;;/q;;+2;;/p-2/t2*26-,27-;;;/m11.../s1. The molecule has 84 heavy (non-hydrogen) atoms. The second-order valence-electron chi connectivity index (χ2n) is 20.8. The fourth-order valence-corrected chi connectivity index (χ4v) is 10.4. The summed E-state index contributed by atoms with van der Waals surface area (Å²) in [5.74, 6) is -4.41. The SMILES string of the molecule is CC(C)c1c(C(=O)Nc2ccccc2)c(-c2ccccc2)c(-c2ccc(F)cc2)n1CC[C@@H](O)C[C@@H](O)CC(=O)[O-].CC(C)c1c(C(=O)Nc2ccccc2)c(-c2ccccc2)c(-c2ccc(F)cc2)n1CC[C@@H](O)C[C@@H](O)CC(=O)[O-].[Ca+2].[LiH]. The van der Waals surface area contributed by atoms with Crippen molar-refractivity contribution in [2.24, 2.45) is 0 Å². The summed E-state index contributed by atoms with van der Waals surface area (Å²) in [6.07, 6.45) is -5.54. The number of amides is 2. The molecule has 0 aliphatic heterocycles. The van der Waals surface area contributed by atoms with Crippen LogP contribution in [0, 0.1) is 11.6 Å². The van der Waals surface area contributed by atoms with Crippen LogP contribution in [-0.2, 0) is 22.7 Å². The molecule has 0 aliphatic rings. The van der Waals surface area contributed by atoms with E-state index < -0.39 is 60.8 Å². The second-order valence-corrected chi connectivity index (χ2v) is 20.8. The number of rotatable bonds is 24. The third-order valence-electron chi connectivity index (χ3n) is 13.8. The zero-order valence-electron chi connectivity index (χ0n) is 46.9. The van der Waals surface area contributed by atoms with Crippen molar-refractivity contribution in [3.8, 4) is 44.8 Å². The number of anilines is 2. The van der Waals surface area contributed by atoms with Crippen LogP contribution >= 0.6 is 0 Å². The van der Waals surface area contributed by atoms with Crippen LogP contribution in [0.5, 0.6) is 0 Å². The topological polar surface area (TPSA) is 229 Å². The molecular formula is C66H69CaF2LiN4O10. The van der Waals surface area contributed by atoms with Crippen LogP contribution < -0.4 is 20.8 Å². The molecule has 6 N–H and O–H groups in total. The predicted molar refractivity (Wildman–Crippen MR) is 322 cm³/mol. The summed E-state index contributed by atoms with van der Waals surface area (Å²) in [7, 11) is 0. The second kappa shape index (κ2) is 32.6. The number of aliphatic hydroxyl groups excluding tert-OH is 4.